The topological polar surface area (TPSA) is 0 Å². The van der Waals surface area contributed by atoms with Gasteiger partial charge in [0.1, 0.15) is 0 Å². The molecule has 0 aromatic rings. The molecule has 0 amide bonds. The van der Waals surface area contributed by atoms with Crippen LogP contribution >= 0.6 is 0 Å². The third-order valence-electron chi connectivity index (χ3n) is 6.33. The molecule has 0 N–H and O–H groups in total. The zero-order valence-electron chi connectivity index (χ0n) is 17.5. The van der Waals surface area contributed by atoms with Crippen molar-refractivity contribution in [2.75, 3.05) is 0 Å². The van der Waals surface area contributed by atoms with Gasteiger partial charge in [-0.3, -0.25) is 0 Å². The lowest BCUT2D eigenvalue weighted by Gasteiger charge is -2.31. The Kier molecular flexibility index (Phi) is 13.0. The van der Waals surface area contributed by atoms with Gasteiger partial charge in [-0.15, -0.1) is 0 Å². The van der Waals surface area contributed by atoms with Gasteiger partial charge in [0.2, 0.25) is 0 Å². The van der Waals surface area contributed by atoms with Crippen molar-refractivity contribution in [3.05, 3.63) is 0 Å². The van der Waals surface area contributed by atoms with Gasteiger partial charge in [-0.05, 0) is 24.2 Å². The highest BCUT2D eigenvalue weighted by molar-refractivity contribution is 4.74. The summed E-state index contributed by atoms with van der Waals surface area (Å²) in [5.74, 6) is 0.947. The normalized spacial score (nSPS) is 23.6. The van der Waals surface area contributed by atoms with Gasteiger partial charge >= 0.3 is 0 Å². The Balaban J connectivity index is 2.28. The highest BCUT2D eigenvalue weighted by atomic mass is 14.3. The van der Waals surface area contributed by atoms with Gasteiger partial charge in [0, 0.05) is 0 Å². The second-order valence-corrected chi connectivity index (χ2v) is 9.65. The van der Waals surface area contributed by atoms with Crippen LogP contribution in [0.3, 0.4) is 0 Å². The summed E-state index contributed by atoms with van der Waals surface area (Å²) in [5, 5.41) is 0. The molecule has 1 rings (SSSR count). The molecule has 1 aliphatic carbocycles. The van der Waals surface area contributed by atoms with Crippen molar-refractivity contribution in [1.82, 2.24) is 0 Å². The van der Waals surface area contributed by atoms with Crippen LogP contribution in [-0.2, 0) is 0 Å². The highest BCUT2D eigenvalue weighted by Crippen LogP contribution is 2.34. The second kappa shape index (κ2) is 14.2. The fraction of sp³-hybridized carbons (Fsp3) is 1.00. The van der Waals surface area contributed by atoms with Gasteiger partial charge < -0.3 is 0 Å². The van der Waals surface area contributed by atoms with Crippen LogP contribution in [0.15, 0.2) is 0 Å². The van der Waals surface area contributed by atoms with Crippen LogP contribution in [0, 0.1) is 11.3 Å². The molecule has 0 heteroatoms. The largest absolute Gasteiger partial charge is 0.0599 e. The van der Waals surface area contributed by atoms with Crippen molar-refractivity contribution in [2.45, 2.75) is 143 Å². The van der Waals surface area contributed by atoms with E-state index in [1.165, 1.54) is 122 Å². The fourth-order valence-electron chi connectivity index (χ4n) is 4.44. The van der Waals surface area contributed by atoms with Crippen molar-refractivity contribution in [2.24, 2.45) is 11.3 Å². The van der Waals surface area contributed by atoms with Gasteiger partial charge in [-0.2, -0.15) is 0 Å². The van der Waals surface area contributed by atoms with E-state index in [-0.39, 0.29) is 0 Å². The van der Waals surface area contributed by atoms with Crippen molar-refractivity contribution >= 4 is 0 Å². The lowest BCUT2D eigenvalue weighted by atomic mass is 9.75. The maximum atomic E-state index is 2.47. The minimum atomic E-state index is 0.511. The quantitative estimate of drug-likeness (QED) is 0.413. The third kappa shape index (κ3) is 12.4. The van der Waals surface area contributed by atoms with E-state index in [1.54, 1.807) is 0 Å². The minimum Gasteiger partial charge on any atom is -0.0599 e. The lowest BCUT2D eigenvalue weighted by Crippen LogP contribution is -2.20. The zero-order valence-corrected chi connectivity index (χ0v) is 17.5. The van der Waals surface area contributed by atoms with Gasteiger partial charge in [0.25, 0.3) is 0 Å². The van der Waals surface area contributed by atoms with E-state index in [1.807, 2.05) is 0 Å². The Hall–Kier alpha value is 0. The van der Waals surface area contributed by atoms with Crippen LogP contribution in [0.4, 0.5) is 0 Å². The Labute approximate surface area is 154 Å². The predicted octanol–water partition coefficient (Wildman–Crippen LogP) is 9.07. The van der Waals surface area contributed by atoms with Gasteiger partial charge in [0.15, 0.2) is 0 Å². The van der Waals surface area contributed by atoms with Crippen molar-refractivity contribution < 1.29 is 0 Å². The smallest absolute Gasteiger partial charge is 0.0354 e. The first-order chi connectivity index (χ1) is 11.6. The Morgan fingerprint density at radius 1 is 0.375 bits per heavy atom. The molecule has 0 nitrogen and oxygen atoms in total. The molecule has 0 unspecified atom stereocenters. The molecular weight excluding hydrogens is 288 g/mol. The summed E-state index contributed by atoms with van der Waals surface area (Å²) in [6, 6.07) is 0. The Morgan fingerprint density at radius 3 is 0.792 bits per heavy atom. The standard InChI is InChI=1S/C24H48/c1-24(2,3)23-21-19-17-15-13-11-9-7-5-4-6-8-10-12-14-16-18-20-22-23/h23H,4-22H2,1-3H3. The average Bonchev–Trinajstić information content (AvgIpc) is 2.52. The number of hydrogen-bond donors (Lipinski definition) is 0. The van der Waals surface area contributed by atoms with Crippen LogP contribution in [0.2, 0.25) is 0 Å². The maximum absolute atomic E-state index is 2.47. The third-order valence-corrected chi connectivity index (χ3v) is 6.33. The summed E-state index contributed by atoms with van der Waals surface area (Å²) >= 11 is 0. The molecule has 144 valence electrons. The van der Waals surface area contributed by atoms with E-state index in [0.29, 0.717) is 5.41 Å². The first-order valence-electron chi connectivity index (χ1n) is 11.6. The van der Waals surface area contributed by atoms with Crippen LogP contribution in [0.5, 0.6) is 0 Å². The minimum absolute atomic E-state index is 0.511. The van der Waals surface area contributed by atoms with Gasteiger partial charge in [0.05, 0.1) is 0 Å². The van der Waals surface area contributed by atoms with Gasteiger partial charge in [-0.1, -0.05) is 130 Å². The summed E-state index contributed by atoms with van der Waals surface area (Å²) in [5.41, 5.74) is 0.511. The second-order valence-electron chi connectivity index (χ2n) is 9.65. The molecule has 0 atom stereocenters. The summed E-state index contributed by atoms with van der Waals surface area (Å²) < 4.78 is 0. The molecule has 0 aliphatic heterocycles. The molecule has 1 aliphatic rings. The molecule has 1 fully saturated rings. The first kappa shape index (κ1) is 22.0. The molecule has 0 heterocycles. The zero-order chi connectivity index (χ0) is 17.5. The summed E-state index contributed by atoms with van der Waals surface area (Å²) in [4.78, 5) is 0. The SMILES string of the molecule is CC(C)(C)C1CCCCCCCCCCCCCCCCCCC1. The summed E-state index contributed by atoms with van der Waals surface area (Å²) in [7, 11) is 0. The molecule has 0 radical (unpaired) electrons. The Morgan fingerprint density at radius 2 is 0.583 bits per heavy atom. The number of hydrogen-bond acceptors (Lipinski definition) is 0. The van der Waals surface area contributed by atoms with E-state index < -0.39 is 0 Å². The Bertz CT molecular complexity index is 240. The molecule has 0 bridgehead atoms. The van der Waals surface area contributed by atoms with Crippen LogP contribution in [-0.4, -0.2) is 0 Å². The van der Waals surface area contributed by atoms with Crippen LogP contribution < -0.4 is 0 Å². The van der Waals surface area contributed by atoms with E-state index in [4.69, 9.17) is 0 Å². The first-order valence-corrected chi connectivity index (χ1v) is 11.6. The van der Waals surface area contributed by atoms with Gasteiger partial charge in [-0.25, -0.2) is 0 Å². The molecule has 0 spiro atoms. The van der Waals surface area contributed by atoms with Crippen LogP contribution in [0.1, 0.15) is 143 Å². The van der Waals surface area contributed by atoms with Crippen molar-refractivity contribution in [3.8, 4) is 0 Å². The number of rotatable bonds is 0. The lowest BCUT2D eigenvalue weighted by molar-refractivity contribution is 0.201. The van der Waals surface area contributed by atoms with Crippen molar-refractivity contribution in [3.63, 3.8) is 0 Å². The molecule has 1 saturated carbocycles. The predicted molar refractivity (Wildman–Crippen MR) is 111 cm³/mol. The molecular formula is C24H48. The molecule has 0 aromatic carbocycles. The van der Waals surface area contributed by atoms with E-state index in [2.05, 4.69) is 20.8 Å². The molecule has 0 aromatic heterocycles. The molecule has 0 saturated heterocycles. The maximum Gasteiger partial charge on any atom is -0.0354 e. The summed E-state index contributed by atoms with van der Waals surface area (Å²) in [6.07, 6.45) is 28.2. The van der Waals surface area contributed by atoms with Crippen molar-refractivity contribution in [1.29, 1.82) is 0 Å². The average molecular weight is 337 g/mol. The highest BCUT2D eigenvalue weighted by Gasteiger charge is 2.23. The molecule has 24 heavy (non-hydrogen) atoms. The van der Waals surface area contributed by atoms with E-state index >= 15 is 0 Å². The fourth-order valence-corrected chi connectivity index (χ4v) is 4.44. The van der Waals surface area contributed by atoms with Crippen LogP contribution in [0.25, 0.3) is 0 Å². The monoisotopic (exact) mass is 336 g/mol. The van der Waals surface area contributed by atoms with E-state index in [0.717, 1.165) is 5.92 Å². The van der Waals surface area contributed by atoms with E-state index in [9.17, 15) is 0 Å². The summed E-state index contributed by atoms with van der Waals surface area (Å²) in [6.45, 7) is 7.41.